The number of hydrogen-bond donors (Lipinski definition) is 3. The lowest BCUT2D eigenvalue weighted by Crippen LogP contribution is -2.54. The van der Waals surface area contributed by atoms with Gasteiger partial charge in [-0.1, -0.05) is 26.0 Å². The molecule has 0 aliphatic carbocycles. The normalized spacial score (nSPS) is 17.6. The lowest BCUT2D eigenvalue weighted by molar-refractivity contribution is -0.138. The molecule has 0 spiro atoms. The van der Waals surface area contributed by atoms with Crippen LogP contribution in [0.2, 0.25) is 0 Å². The van der Waals surface area contributed by atoms with E-state index in [1.807, 2.05) is 30.9 Å². The monoisotopic (exact) mass is 455 g/mol. The Bertz CT molecular complexity index is 950. The smallest absolute Gasteiger partial charge is 0.245 e. The average Bonchev–Trinajstić information content (AvgIpc) is 3.31. The molecule has 1 fully saturated rings. The van der Waals surface area contributed by atoms with Gasteiger partial charge in [-0.2, -0.15) is 0 Å². The van der Waals surface area contributed by atoms with Crippen molar-refractivity contribution in [3.05, 3.63) is 59.5 Å². The summed E-state index contributed by atoms with van der Waals surface area (Å²) in [5.41, 5.74) is 1.96. The Balaban J connectivity index is 1.71. The molecule has 7 nitrogen and oxygen atoms in total. The van der Waals surface area contributed by atoms with Gasteiger partial charge in [0.25, 0.3) is 0 Å². The van der Waals surface area contributed by atoms with Gasteiger partial charge in [0.15, 0.2) is 0 Å². The first kappa shape index (κ1) is 24.6. The minimum atomic E-state index is -0.577. The highest BCUT2D eigenvalue weighted by molar-refractivity contribution is 5.90. The van der Waals surface area contributed by atoms with Crippen LogP contribution in [-0.4, -0.2) is 47.4 Å². The molecule has 33 heavy (non-hydrogen) atoms. The van der Waals surface area contributed by atoms with Crippen molar-refractivity contribution in [1.29, 1.82) is 0 Å². The van der Waals surface area contributed by atoms with Crippen molar-refractivity contribution in [2.75, 3.05) is 18.9 Å². The maximum absolute atomic E-state index is 13.5. The van der Waals surface area contributed by atoms with Crippen LogP contribution in [0.3, 0.4) is 0 Å². The van der Waals surface area contributed by atoms with E-state index in [4.69, 9.17) is 0 Å². The first-order valence-electron chi connectivity index (χ1n) is 11.5. The van der Waals surface area contributed by atoms with E-state index in [1.54, 1.807) is 32.3 Å². The van der Waals surface area contributed by atoms with Crippen molar-refractivity contribution in [2.24, 2.45) is 5.92 Å². The van der Waals surface area contributed by atoms with Crippen LogP contribution in [0.4, 0.5) is 10.2 Å². The molecule has 0 unspecified atom stereocenters. The number of likely N-dealkylation sites (N-methyl/N-ethyl adjacent to an activating group) is 1. The Morgan fingerprint density at radius 2 is 1.91 bits per heavy atom. The quantitative estimate of drug-likeness (QED) is 0.540. The molecule has 2 amide bonds. The van der Waals surface area contributed by atoms with Crippen molar-refractivity contribution in [3.63, 3.8) is 0 Å². The molecule has 3 rings (SSSR count). The molecule has 1 aromatic heterocycles. The van der Waals surface area contributed by atoms with Crippen LogP contribution in [0.5, 0.6) is 0 Å². The fraction of sp³-hybridized carbons (Fsp3) is 0.480. The highest BCUT2D eigenvalue weighted by Gasteiger charge is 2.36. The summed E-state index contributed by atoms with van der Waals surface area (Å²) >= 11 is 0. The van der Waals surface area contributed by atoms with Gasteiger partial charge in [-0.15, -0.1) is 0 Å². The molecule has 0 saturated carbocycles. The van der Waals surface area contributed by atoms with Crippen LogP contribution in [-0.2, 0) is 16.1 Å². The van der Waals surface area contributed by atoms with Crippen LogP contribution in [0.15, 0.2) is 42.6 Å². The van der Waals surface area contributed by atoms with E-state index in [-0.39, 0.29) is 35.6 Å². The molecule has 8 heteroatoms. The third kappa shape index (κ3) is 6.28. The fourth-order valence-electron chi connectivity index (χ4n) is 4.02. The highest BCUT2D eigenvalue weighted by atomic mass is 19.1. The van der Waals surface area contributed by atoms with Crippen molar-refractivity contribution in [3.8, 4) is 0 Å². The SMILES string of the molecule is CN[C@@H](C)C(=O)N[C@H](C(=O)N1CCC[C@H]1c1ccnc(NCc2ccc(F)cc2)c1)C(C)C. The zero-order valence-electron chi connectivity index (χ0n) is 19.8. The maximum atomic E-state index is 13.5. The van der Waals surface area contributed by atoms with Gasteiger partial charge in [0, 0.05) is 19.3 Å². The van der Waals surface area contributed by atoms with Gasteiger partial charge in [-0.05, 0) is 68.1 Å². The topological polar surface area (TPSA) is 86.4 Å². The fourth-order valence-corrected chi connectivity index (χ4v) is 4.02. The molecule has 2 aromatic rings. The Labute approximate surface area is 195 Å². The number of anilines is 1. The Morgan fingerprint density at radius 3 is 2.58 bits per heavy atom. The van der Waals surface area contributed by atoms with E-state index in [0.717, 1.165) is 24.0 Å². The highest BCUT2D eigenvalue weighted by Crippen LogP contribution is 2.33. The van der Waals surface area contributed by atoms with Crippen molar-refractivity contribution in [1.82, 2.24) is 20.5 Å². The van der Waals surface area contributed by atoms with Crippen molar-refractivity contribution >= 4 is 17.6 Å². The number of halogens is 1. The number of nitrogens with one attached hydrogen (secondary N) is 3. The molecule has 3 atom stereocenters. The molecule has 1 aliphatic heterocycles. The standard InChI is InChI=1S/C25H34FN5O2/c1-16(2)23(30-24(32)17(3)27-4)25(33)31-13-5-6-21(31)19-11-12-28-22(14-19)29-15-18-7-9-20(26)10-8-18/h7-12,14,16-17,21,23,27H,5-6,13,15H2,1-4H3,(H,28,29)(H,30,32)/t17-,21-,23-/m0/s1. The summed E-state index contributed by atoms with van der Waals surface area (Å²) < 4.78 is 13.1. The van der Waals surface area contributed by atoms with Gasteiger partial charge in [0.05, 0.1) is 12.1 Å². The van der Waals surface area contributed by atoms with Crippen LogP contribution in [0.1, 0.15) is 50.8 Å². The molecule has 178 valence electrons. The molecular formula is C25H34FN5O2. The molecule has 0 bridgehead atoms. The number of hydrogen-bond acceptors (Lipinski definition) is 5. The number of nitrogens with zero attached hydrogens (tertiary/aromatic N) is 2. The summed E-state index contributed by atoms with van der Waals surface area (Å²) in [6.07, 6.45) is 3.50. The van der Waals surface area contributed by atoms with Gasteiger partial charge in [-0.3, -0.25) is 9.59 Å². The molecular weight excluding hydrogens is 421 g/mol. The third-order valence-electron chi connectivity index (χ3n) is 6.15. The molecule has 2 heterocycles. The van der Waals surface area contributed by atoms with E-state index in [0.29, 0.717) is 18.9 Å². The number of benzene rings is 1. The number of carbonyl (C=O) groups is 2. The second-order valence-electron chi connectivity index (χ2n) is 8.88. The summed E-state index contributed by atoms with van der Waals surface area (Å²) in [5.74, 6) is 0.171. The van der Waals surface area contributed by atoms with Crippen LogP contribution in [0, 0.1) is 11.7 Å². The van der Waals surface area contributed by atoms with Crippen molar-refractivity contribution in [2.45, 2.75) is 58.3 Å². The summed E-state index contributed by atoms with van der Waals surface area (Å²) in [4.78, 5) is 32.2. The van der Waals surface area contributed by atoms with Crippen molar-refractivity contribution < 1.29 is 14.0 Å². The van der Waals surface area contributed by atoms with Gasteiger partial charge in [0.2, 0.25) is 11.8 Å². The van der Waals surface area contributed by atoms with E-state index in [9.17, 15) is 14.0 Å². The Hall–Kier alpha value is -3.00. The predicted molar refractivity (Wildman–Crippen MR) is 127 cm³/mol. The average molecular weight is 456 g/mol. The van der Waals surface area contributed by atoms with Crippen LogP contribution >= 0.6 is 0 Å². The van der Waals surface area contributed by atoms with E-state index < -0.39 is 6.04 Å². The van der Waals surface area contributed by atoms with E-state index in [2.05, 4.69) is 20.9 Å². The lowest BCUT2D eigenvalue weighted by Gasteiger charge is -2.32. The van der Waals surface area contributed by atoms with Crippen LogP contribution in [0.25, 0.3) is 0 Å². The summed E-state index contributed by atoms with van der Waals surface area (Å²) in [6.45, 7) is 6.84. The minimum Gasteiger partial charge on any atom is -0.366 e. The van der Waals surface area contributed by atoms with E-state index in [1.165, 1.54) is 12.1 Å². The largest absolute Gasteiger partial charge is 0.366 e. The van der Waals surface area contributed by atoms with Crippen LogP contribution < -0.4 is 16.0 Å². The van der Waals surface area contributed by atoms with E-state index >= 15 is 0 Å². The predicted octanol–water partition coefficient (Wildman–Crippen LogP) is 3.25. The van der Waals surface area contributed by atoms with Gasteiger partial charge in [-0.25, -0.2) is 9.37 Å². The number of amides is 2. The zero-order chi connectivity index (χ0) is 24.0. The Morgan fingerprint density at radius 1 is 1.18 bits per heavy atom. The van der Waals surface area contributed by atoms with Gasteiger partial charge >= 0.3 is 0 Å². The van der Waals surface area contributed by atoms with Gasteiger partial charge in [0.1, 0.15) is 17.7 Å². The number of likely N-dealkylation sites (tertiary alicyclic amines) is 1. The second kappa shape index (κ2) is 11.2. The van der Waals surface area contributed by atoms with Gasteiger partial charge < -0.3 is 20.9 Å². The third-order valence-corrected chi connectivity index (χ3v) is 6.15. The summed E-state index contributed by atoms with van der Waals surface area (Å²) in [7, 11) is 1.72. The Kier molecular flexibility index (Phi) is 8.38. The number of carbonyl (C=O) groups excluding carboxylic acids is 2. The molecule has 1 saturated heterocycles. The summed E-state index contributed by atoms with van der Waals surface area (Å²) in [5, 5.41) is 9.11. The second-order valence-corrected chi connectivity index (χ2v) is 8.88. The maximum Gasteiger partial charge on any atom is 0.245 e. The molecule has 1 aromatic carbocycles. The molecule has 1 aliphatic rings. The lowest BCUT2D eigenvalue weighted by atomic mass is 10.00. The summed E-state index contributed by atoms with van der Waals surface area (Å²) in [6, 6.07) is 9.23. The zero-order valence-corrected chi connectivity index (χ0v) is 19.8. The number of pyridine rings is 1. The minimum absolute atomic E-state index is 0.0304. The number of rotatable bonds is 9. The first-order chi connectivity index (χ1) is 15.8. The number of aromatic nitrogens is 1. The molecule has 0 radical (unpaired) electrons. The first-order valence-corrected chi connectivity index (χ1v) is 11.5. The molecule has 3 N–H and O–H groups in total.